The molecule has 0 aliphatic carbocycles. The number of allylic oxidation sites excluding steroid dienone is 1. The van der Waals surface area contributed by atoms with E-state index in [2.05, 4.69) is 25.5 Å². The molecule has 4 heterocycles. The molecule has 5 aromatic rings. The first-order chi connectivity index (χ1) is 17.6. The zero-order valence-corrected chi connectivity index (χ0v) is 20.8. The summed E-state index contributed by atoms with van der Waals surface area (Å²) in [6.07, 6.45) is 7.15. The first kappa shape index (κ1) is 23.8. The van der Waals surface area contributed by atoms with Crippen LogP contribution < -0.4 is 5.32 Å². The van der Waals surface area contributed by atoms with Crippen molar-refractivity contribution in [1.29, 1.82) is 5.41 Å². The number of nitrogens with zero attached hydrogens (tertiary/aromatic N) is 3. The van der Waals surface area contributed by atoms with Gasteiger partial charge in [-0.1, -0.05) is 13.8 Å². The summed E-state index contributed by atoms with van der Waals surface area (Å²) in [5, 5.41) is 22.7. The SMILES string of the molecule is CCNCc1cncc(-c2ccc3[nH]nc(-c4nc(/C(=C\C=N)c5ccsc5)c(CC)[nH]4)c3c2F)c1. The molecule has 182 valence electrons. The smallest absolute Gasteiger partial charge is 0.159 e. The summed E-state index contributed by atoms with van der Waals surface area (Å²) in [6.45, 7) is 5.59. The van der Waals surface area contributed by atoms with Gasteiger partial charge in [-0.3, -0.25) is 10.1 Å². The van der Waals surface area contributed by atoms with Gasteiger partial charge in [-0.15, -0.1) is 0 Å². The molecule has 0 saturated carbocycles. The lowest BCUT2D eigenvalue weighted by atomic mass is 10.0. The predicted octanol–water partition coefficient (Wildman–Crippen LogP) is 5.97. The van der Waals surface area contributed by atoms with Gasteiger partial charge in [-0.25, -0.2) is 9.37 Å². The molecule has 0 amide bonds. The molecule has 0 aliphatic heterocycles. The number of halogens is 1. The second kappa shape index (κ2) is 10.3. The van der Waals surface area contributed by atoms with E-state index in [0.29, 0.717) is 46.5 Å². The van der Waals surface area contributed by atoms with Crippen molar-refractivity contribution in [2.75, 3.05) is 6.54 Å². The average molecular weight is 500 g/mol. The standard InChI is InChI=1S/C27H26FN7S/c1-3-21-25(20(7-9-29)17-8-10-36-15-17)33-27(32-21)26-23-22(34-35-26)6-5-19(24(23)28)18-11-16(12-30-4-2)13-31-14-18/h5-11,13-15,29-30H,3-4,12H2,1-2H3,(H,32,33)(H,34,35)/b20-7-,29-9?. The van der Waals surface area contributed by atoms with Crippen molar-refractivity contribution in [3.8, 4) is 22.6 Å². The van der Waals surface area contributed by atoms with Crippen LogP contribution in [0.3, 0.4) is 0 Å². The van der Waals surface area contributed by atoms with Gasteiger partial charge >= 0.3 is 0 Å². The van der Waals surface area contributed by atoms with E-state index < -0.39 is 0 Å². The normalized spacial score (nSPS) is 11.9. The van der Waals surface area contributed by atoms with Crippen LogP contribution in [-0.2, 0) is 13.0 Å². The van der Waals surface area contributed by atoms with E-state index in [1.165, 1.54) is 6.21 Å². The third kappa shape index (κ3) is 4.38. The molecule has 9 heteroatoms. The summed E-state index contributed by atoms with van der Waals surface area (Å²) < 4.78 is 16.0. The van der Waals surface area contributed by atoms with Crippen LogP contribution in [-0.4, -0.2) is 37.9 Å². The van der Waals surface area contributed by atoms with E-state index in [9.17, 15) is 0 Å². The summed E-state index contributed by atoms with van der Waals surface area (Å²) in [5.41, 5.74) is 6.63. The Hall–Kier alpha value is -3.95. The third-order valence-corrected chi connectivity index (χ3v) is 6.73. The number of imidazole rings is 1. The third-order valence-electron chi connectivity index (χ3n) is 6.05. The number of aryl methyl sites for hydroxylation is 1. The van der Waals surface area contributed by atoms with E-state index in [0.717, 1.165) is 34.6 Å². The van der Waals surface area contributed by atoms with Crippen LogP contribution in [0.5, 0.6) is 0 Å². The van der Waals surface area contributed by atoms with Crippen LogP contribution in [0.2, 0.25) is 0 Å². The molecule has 4 aromatic heterocycles. The first-order valence-electron chi connectivity index (χ1n) is 11.8. The molecule has 0 fully saturated rings. The Labute approximate surface area is 212 Å². The Balaban J connectivity index is 1.62. The number of fused-ring (bicyclic) bond motifs is 1. The average Bonchev–Trinajstić information content (AvgIpc) is 3.66. The summed E-state index contributed by atoms with van der Waals surface area (Å²) in [7, 11) is 0. The lowest BCUT2D eigenvalue weighted by Gasteiger charge is -2.08. The lowest BCUT2D eigenvalue weighted by molar-refractivity contribution is 0.643. The summed E-state index contributed by atoms with van der Waals surface area (Å²) in [6, 6.07) is 7.54. The van der Waals surface area contributed by atoms with Crippen LogP contribution in [0.1, 0.15) is 36.4 Å². The lowest BCUT2D eigenvalue weighted by Crippen LogP contribution is -2.11. The molecule has 0 spiro atoms. The van der Waals surface area contributed by atoms with Gasteiger partial charge in [-0.05, 0) is 65.2 Å². The highest BCUT2D eigenvalue weighted by atomic mass is 32.1. The van der Waals surface area contributed by atoms with Crippen molar-refractivity contribution in [3.05, 3.63) is 81.8 Å². The number of rotatable bonds is 9. The summed E-state index contributed by atoms with van der Waals surface area (Å²) >= 11 is 1.59. The second-order valence-electron chi connectivity index (χ2n) is 8.31. The zero-order chi connectivity index (χ0) is 25.1. The number of aromatic nitrogens is 5. The number of thiophene rings is 1. The van der Waals surface area contributed by atoms with Crippen molar-refractivity contribution < 1.29 is 4.39 Å². The monoisotopic (exact) mass is 499 g/mol. The molecule has 0 unspecified atom stereocenters. The minimum Gasteiger partial charge on any atom is -0.340 e. The topological polar surface area (TPSA) is 106 Å². The maximum absolute atomic E-state index is 16.0. The summed E-state index contributed by atoms with van der Waals surface area (Å²) in [5.74, 6) is 0.108. The van der Waals surface area contributed by atoms with Crippen molar-refractivity contribution in [3.63, 3.8) is 0 Å². The molecule has 4 N–H and O–H groups in total. The minimum atomic E-state index is -0.372. The van der Waals surface area contributed by atoms with Gasteiger partial charge in [0.05, 0.1) is 16.6 Å². The highest BCUT2D eigenvalue weighted by Crippen LogP contribution is 2.35. The van der Waals surface area contributed by atoms with Crippen molar-refractivity contribution >= 4 is 34.0 Å². The van der Waals surface area contributed by atoms with Crippen LogP contribution in [0, 0.1) is 11.2 Å². The number of nitrogens with one attached hydrogen (secondary N) is 4. The van der Waals surface area contributed by atoms with Crippen LogP contribution >= 0.6 is 11.3 Å². The molecule has 0 aliphatic rings. The Morgan fingerprint density at radius 2 is 2.11 bits per heavy atom. The number of aromatic amines is 2. The van der Waals surface area contributed by atoms with Crippen molar-refractivity contribution in [2.24, 2.45) is 0 Å². The predicted molar refractivity (Wildman–Crippen MR) is 144 cm³/mol. The van der Waals surface area contributed by atoms with Crippen LogP contribution in [0.4, 0.5) is 4.39 Å². The number of hydrogen-bond donors (Lipinski definition) is 4. The molecule has 0 saturated heterocycles. The molecule has 5 rings (SSSR count). The van der Waals surface area contributed by atoms with Crippen LogP contribution in [0.15, 0.2) is 53.5 Å². The van der Waals surface area contributed by atoms with Gasteiger partial charge in [0.2, 0.25) is 0 Å². The van der Waals surface area contributed by atoms with Crippen LogP contribution in [0.25, 0.3) is 39.1 Å². The fraction of sp³-hybridized carbons (Fsp3) is 0.185. The number of H-pyrrole nitrogens is 2. The van der Waals surface area contributed by atoms with E-state index >= 15 is 4.39 Å². The summed E-state index contributed by atoms with van der Waals surface area (Å²) in [4.78, 5) is 12.5. The second-order valence-corrected chi connectivity index (χ2v) is 9.09. The van der Waals surface area contributed by atoms with Crippen molar-refractivity contribution in [1.82, 2.24) is 30.5 Å². The minimum absolute atomic E-state index is 0.372. The fourth-order valence-electron chi connectivity index (χ4n) is 4.28. The maximum Gasteiger partial charge on any atom is 0.159 e. The Kier molecular flexibility index (Phi) is 6.84. The van der Waals surface area contributed by atoms with Gasteiger partial charge in [0, 0.05) is 47.5 Å². The van der Waals surface area contributed by atoms with Gasteiger partial charge in [0.25, 0.3) is 0 Å². The Morgan fingerprint density at radius 1 is 1.22 bits per heavy atom. The molecule has 0 bridgehead atoms. The molecular weight excluding hydrogens is 473 g/mol. The van der Waals surface area contributed by atoms with Gasteiger partial charge in [0.1, 0.15) is 11.5 Å². The maximum atomic E-state index is 16.0. The van der Waals surface area contributed by atoms with E-state index in [1.807, 2.05) is 42.8 Å². The van der Waals surface area contributed by atoms with E-state index in [-0.39, 0.29) is 5.82 Å². The Morgan fingerprint density at radius 3 is 2.86 bits per heavy atom. The molecule has 36 heavy (non-hydrogen) atoms. The number of hydrogen-bond acceptors (Lipinski definition) is 6. The highest BCUT2D eigenvalue weighted by molar-refractivity contribution is 7.08. The first-order valence-corrected chi connectivity index (χ1v) is 12.7. The zero-order valence-electron chi connectivity index (χ0n) is 20.0. The van der Waals surface area contributed by atoms with E-state index in [1.54, 1.807) is 35.9 Å². The molecule has 0 radical (unpaired) electrons. The molecule has 1 aromatic carbocycles. The largest absolute Gasteiger partial charge is 0.340 e. The molecular formula is C27H26FN7S. The van der Waals surface area contributed by atoms with E-state index in [4.69, 9.17) is 10.4 Å². The van der Waals surface area contributed by atoms with Gasteiger partial charge in [-0.2, -0.15) is 16.4 Å². The number of benzene rings is 1. The highest BCUT2D eigenvalue weighted by Gasteiger charge is 2.22. The van der Waals surface area contributed by atoms with Gasteiger partial charge < -0.3 is 15.7 Å². The van der Waals surface area contributed by atoms with Gasteiger partial charge in [0.15, 0.2) is 5.82 Å². The van der Waals surface area contributed by atoms with Crippen molar-refractivity contribution in [2.45, 2.75) is 26.8 Å². The number of pyridine rings is 1. The molecule has 7 nitrogen and oxygen atoms in total. The Bertz CT molecular complexity index is 1550. The molecule has 0 atom stereocenters. The fourth-order valence-corrected chi connectivity index (χ4v) is 4.94. The quantitative estimate of drug-likeness (QED) is 0.188.